The Kier molecular flexibility index (Phi) is 7.75. The van der Waals surface area contributed by atoms with Crippen LogP contribution in [0.25, 0.3) is 0 Å². The Bertz CT molecular complexity index is 809. The number of benzene rings is 2. The summed E-state index contributed by atoms with van der Waals surface area (Å²) in [6.45, 7) is 7.20. The summed E-state index contributed by atoms with van der Waals surface area (Å²) in [5, 5.41) is 0. The summed E-state index contributed by atoms with van der Waals surface area (Å²) in [7, 11) is 0. The van der Waals surface area contributed by atoms with Crippen molar-refractivity contribution in [3.05, 3.63) is 60.2 Å². The maximum absolute atomic E-state index is 13.0. The quantitative estimate of drug-likeness (QED) is 0.677. The summed E-state index contributed by atoms with van der Waals surface area (Å²) < 4.78 is 12.2. The molecule has 1 amide bonds. The number of nitrogens with zero attached hydrogens (tertiary/aromatic N) is 1. The lowest BCUT2D eigenvalue weighted by atomic mass is 10.0. The molecule has 1 aliphatic rings. The van der Waals surface area contributed by atoms with Gasteiger partial charge in [-0.3, -0.25) is 4.79 Å². The topological polar surface area (TPSA) is 64.8 Å². The molecule has 1 unspecified atom stereocenters. The number of rotatable bonds is 9. The van der Waals surface area contributed by atoms with Crippen LogP contribution in [-0.4, -0.2) is 42.1 Å². The molecule has 1 fully saturated rings. The summed E-state index contributed by atoms with van der Waals surface area (Å²) in [5.74, 6) is 1.85. The molecule has 0 bridgehead atoms. The number of carbonyl (C=O) groups excluding carboxylic acids is 1. The molecule has 5 nitrogen and oxygen atoms in total. The van der Waals surface area contributed by atoms with E-state index in [1.807, 2.05) is 67.3 Å². The van der Waals surface area contributed by atoms with Crippen molar-refractivity contribution in [3.63, 3.8) is 0 Å². The van der Waals surface area contributed by atoms with Crippen LogP contribution in [0, 0.1) is 5.92 Å². The van der Waals surface area contributed by atoms with E-state index in [9.17, 15) is 4.79 Å². The van der Waals surface area contributed by atoms with Gasteiger partial charge in [-0.2, -0.15) is 0 Å². The molecule has 162 valence electrons. The van der Waals surface area contributed by atoms with Gasteiger partial charge >= 0.3 is 0 Å². The van der Waals surface area contributed by atoms with Gasteiger partial charge in [-0.05, 0) is 36.1 Å². The normalized spacial score (nSPS) is 19.7. The zero-order chi connectivity index (χ0) is 21.5. The highest BCUT2D eigenvalue weighted by atomic mass is 16.5. The highest BCUT2D eigenvalue weighted by Crippen LogP contribution is 2.27. The molecule has 0 aliphatic carbocycles. The van der Waals surface area contributed by atoms with E-state index in [1.54, 1.807) is 0 Å². The maximum atomic E-state index is 13.0. The monoisotopic (exact) mass is 410 g/mol. The highest BCUT2D eigenvalue weighted by Gasteiger charge is 2.38. The fourth-order valence-electron chi connectivity index (χ4n) is 3.91. The minimum Gasteiger partial charge on any atom is -0.493 e. The standard InChI is InChI=1S/C25H34N2O3/c1-4-19-10-8-9-13-23(19)29-15-14-20-16-22(30-21-11-6-5-7-12-21)17-27(20)25(28)24(26)18(2)3/h5-13,18,20,22,24H,4,14-17,26H2,1-3H3/t20?,22-,24-/m0/s1. The van der Waals surface area contributed by atoms with Gasteiger partial charge < -0.3 is 20.1 Å². The fraction of sp³-hybridized carbons (Fsp3) is 0.480. The average molecular weight is 411 g/mol. The molecular weight excluding hydrogens is 376 g/mol. The van der Waals surface area contributed by atoms with Crippen molar-refractivity contribution in [2.45, 2.75) is 58.2 Å². The lowest BCUT2D eigenvalue weighted by Gasteiger charge is -2.28. The summed E-state index contributed by atoms with van der Waals surface area (Å²) in [5.41, 5.74) is 7.39. The number of nitrogens with two attached hydrogens (primary N) is 1. The lowest BCUT2D eigenvalue weighted by molar-refractivity contribution is -0.134. The van der Waals surface area contributed by atoms with E-state index in [2.05, 4.69) is 13.0 Å². The van der Waals surface area contributed by atoms with Crippen LogP contribution in [0.1, 0.15) is 39.2 Å². The van der Waals surface area contributed by atoms with Gasteiger partial charge in [-0.25, -0.2) is 0 Å². The Morgan fingerprint density at radius 1 is 1.13 bits per heavy atom. The van der Waals surface area contributed by atoms with Crippen LogP contribution in [0.2, 0.25) is 0 Å². The second-order valence-electron chi connectivity index (χ2n) is 8.30. The number of amides is 1. The third-order valence-electron chi connectivity index (χ3n) is 5.77. The molecular formula is C25H34N2O3. The summed E-state index contributed by atoms with van der Waals surface area (Å²) in [4.78, 5) is 14.9. The van der Waals surface area contributed by atoms with Gasteiger partial charge in [0.15, 0.2) is 0 Å². The molecule has 2 N–H and O–H groups in total. The smallest absolute Gasteiger partial charge is 0.240 e. The Hall–Kier alpha value is -2.53. The molecule has 1 heterocycles. The SMILES string of the molecule is CCc1ccccc1OCCC1C[C@H](Oc2ccccc2)CN1C(=O)[C@@H](N)C(C)C. The molecule has 2 aromatic rings. The molecule has 1 aliphatic heterocycles. The average Bonchev–Trinajstić information content (AvgIpc) is 3.16. The van der Waals surface area contributed by atoms with E-state index in [0.29, 0.717) is 13.2 Å². The summed E-state index contributed by atoms with van der Waals surface area (Å²) >= 11 is 0. The predicted molar refractivity (Wildman–Crippen MR) is 120 cm³/mol. The van der Waals surface area contributed by atoms with E-state index in [-0.39, 0.29) is 24.0 Å². The van der Waals surface area contributed by atoms with Gasteiger partial charge in [-0.1, -0.05) is 57.2 Å². The number of para-hydroxylation sites is 2. The van der Waals surface area contributed by atoms with Crippen LogP contribution in [0.3, 0.4) is 0 Å². The molecule has 0 spiro atoms. The number of hydrogen-bond acceptors (Lipinski definition) is 4. The van der Waals surface area contributed by atoms with Crippen LogP contribution in [-0.2, 0) is 11.2 Å². The van der Waals surface area contributed by atoms with Crippen molar-refractivity contribution in [1.29, 1.82) is 0 Å². The first kappa shape index (κ1) is 22.2. The molecule has 30 heavy (non-hydrogen) atoms. The third-order valence-corrected chi connectivity index (χ3v) is 5.77. The van der Waals surface area contributed by atoms with Gasteiger partial charge in [0.2, 0.25) is 5.91 Å². The van der Waals surface area contributed by atoms with Crippen LogP contribution in [0.15, 0.2) is 54.6 Å². The lowest BCUT2D eigenvalue weighted by Crippen LogP contribution is -2.49. The van der Waals surface area contributed by atoms with E-state index >= 15 is 0 Å². The molecule has 0 radical (unpaired) electrons. The minimum atomic E-state index is -0.496. The minimum absolute atomic E-state index is 0.00289. The Balaban J connectivity index is 1.65. The first-order valence-electron chi connectivity index (χ1n) is 11.0. The van der Waals surface area contributed by atoms with Gasteiger partial charge in [0.05, 0.1) is 19.2 Å². The Morgan fingerprint density at radius 3 is 2.53 bits per heavy atom. The van der Waals surface area contributed by atoms with Crippen LogP contribution in [0.5, 0.6) is 11.5 Å². The first-order valence-corrected chi connectivity index (χ1v) is 11.0. The van der Waals surface area contributed by atoms with Crippen molar-refractivity contribution < 1.29 is 14.3 Å². The van der Waals surface area contributed by atoms with Crippen molar-refractivity contribution >= 4 is 5.91 Å². The van der Waals surface area contributed by atoms with Gasteiger partial charge in [0, 0.05) is 18.9 Å². The maximum Gasteiger partial charge on any atom is 0.240 e. The Morgan fingerprint density at radius 2 is 1.83 bits per heavy atom. The van der Waals surface area contributed by atoms with E-state index in [1.165, 1.54) is 5.56 Å². The number of carbonyl (C=O) groups is 1. The van der Waals surface area contributed by atoms with Crippen molar-refractivity contribution in [1.82, 2.24) is 4.90 Å². The number of likely N-dealkylation sites (tertiary alicyclic amines) is 1. The van der Waals surface area contributed by atoms with Crippen molar-refractivity contribution in [2.24, 2.45) is 11.7 Å². The van der Waals surface area contributed by atoms with Gasteiger partial charge in [-0.15, -0.1) is 0 Å². The van der Waals surface area contributed by atoms with Gasteiger partial charge in [0.25, 0.3) is 0 Å². The number of hydrogen-bond donors (Lipinski definition) is 1. The Labute approximate surface area is 180 Å². The fourth-order valence-corrected chi connectivity index (χ4v) is 3.91. The van der Waals surface area contributed by atoms with E-state index < -0.39 is 6.04 Å². The molecule has 3 atom stereocenters. The summed E-state index contributed by atoms with van der Waals surface area (Å²) in [6.07, 6.45) is 2.43. The van der Waals surface area contributed by atoms with Gasteiger partial charge in [0.1, 0.15) is 17.6 Å². The molecule has 3 rings (SSSR count). The second kappa shape index (κ2) is 10.5. The second-order valence-corrected chi connectivity index (χ2v) is 8.30. The van der Waals surface area contributed by atoms with Crippen molar-refractivity contribution in [3.8, 4) is 11.5 Å². The van der Waals surface area contributed by atoms with Crippen LogP contribution < -0.4 is 15.2 Å². The van der Waals surface area contributed by atoms with Crippen LogP contribution in [0.4, 0.5) is 0 Å². The van der Waals surface area contributed by atoms with Crippen LogP contribution >= 0.6 is 0 Å². The molecule has 2 aromatic carbocycles. The molecule has 1 saturated heterocycles. The number of aryl methyl sites for hydroxylation is 1. The zero-order valence-electron chi connectivity index (χ0n) is 18.3. The largest absolute Gasteiger partial charge is 0.493 e. The van der Waals surface area contributed by atoms with E-state index in [4.69, 9.17) is 15.2 Å². The highest BCUT2D eigenvalue weighted by molar-refractivity contribution is 5.82. The third kappa shape index (κ3) is 5.54. The molecule has 0 aromatic heterocycles. The predicted octanol–water partition coefficient (Wildman–Crippen LogP) is 4.05. The first-order chi connectivity index (χ1) is 14.5. The number of ether oxygens (including phenoxy) is 2. The van der Waals surface area contributed by atoms with Crippen molar-refractivity contribution in [2.75, 3.05) is 13.2 Å². The zero-order valence-corrected chi connectivity index (χ0v) is 18.3. The summed E-state index contributed by atoms with van der Waals surface area (Å²) in [6, 6.07) is 17.5. The molecule has 5 heteroatoms. The molecule has 0 saturated carbocycles. The van der Waals surface area contributed by atoms with E-state index in [0.717, 1.165) is 30.8 Å².